The Kier molecular flexibility index (Phi) is 5.69. The third-order valence-corrected chi connectivity index (χ3v) is 4.17. The molecule has 2 N–H and O–H groups in total. The number of carboxylic acids is 1. The topological polar surface area (TPSA) is 83.5 Å². The molecule has 0 spiro atoms. The number of hydrogen-bond acceptors (Lipinski definition) is 3. The quantitative estimate of drug-likeness (QED) is 0.826. The van der Waals surface area contributed by atoms with E-state index in [1.165, 1.54) is 24.3 Å². The monoisotopic (exact) mass is 283 g/mol. The second kappa shape index (κ2) is 7.04. The van der Waals surface area contributed by atoms with E-state index in [4.69, 9.17) is 5.11 Å². The first-order valence-electron chi connectivity index (χ1n) is 5.99. The van der Waals surface area contributed by atoms with E-state index in [-0.39, 0.29) is 11.5 Å². The van der Waals surface area contributed by atoms with E-state index in [2.05, 4.69) is 5.32 Å². The Bertz CT molecular complexity index is 484. The molecular weight excluding hydrogens is 266 g/mol. The molecule has 1 aromatic carbocycles. The Morgan fingerprint density at radius 1 is 1.32 bits per heavy atom. The molecule has 1 amide bonds. The molecule has 0 heterocycles. The van der Waals surface area contributed by atoms with Gasteiger partial charge >= 0.3 is 5.97 Å². The summed E-state index contributed by atoms with van der Waals surface area (Å²) in [5, 5.41) is 10.8. The van der Waals surface area contributed by atoms with Crippen LogP contribution in [-0.4, -0.2) is 33.0 Å². The summed E-state index contributed by atoms with van der Waals surface area (Å²) in [7, 11) is -1.49. The third-order valence-electron chi connectivity index (χ3n) is 2.57. The first kappa shape index (κ1) is 15.4. The lowest BCUT2D eigenvalue weighted by atomic mass is 10.2. The maximum atomic E-state index is 12.1. The van der Waals surface area contributed by atoms with Gasteiger partial charge in [-0.05, 0) is 37.6 Å². The summed E-state index contributed by atoms with van der Waals surface area (Å²) in [5.74, 6) is -1.30. The summed E-state index contributed by atoms with van der Waals surface area (Å²) in [4.78, 5) is 22.8. The SMILES string of the molecule is CCCNC(=O)C(C)S(=O)c1ccc(C(=O)O)cc1. The van der Waals surface area contributed by atoms with Crippen molar-refractivity contribution in [2.45, 2.75) is 30.4 Å². The van der Waals surface area contributed by atoms with Gasteiger partial charge in [-0.3, -0.25) is 9.00 Å². The molecule has 0 aliphatic heterocycles. The second-order valence-electron chi connectivity index (χ2n) is 4.06. The molecule has 2 atom stereocenters. The second-order valence-corrected chi connectivity index (χ2v) is 5.83. The Balaban J connectivity index is 2.76. The van der Waals surface area contributed by atoms with E-state index < -0.39 is 22.0 Å². The number of carboxylic acid groups (broad SMARTS) is 1. The van der Waals surface area contributed by atoms with Gasteiger partial charge in [-0.25, -0.2) is 4.79 Å². The van der Waals surface area contributed by atoms with Crippen LogP contribution in [0.2, 0.25) is 0 Å². The Labute approximate surface area is 114 Å². The van der Waals surface area contributed by atoms with Crippen molar-refractivity contribution < 1.29 is 18.9 Å². The van der Waals surface area contributed by atoms with Crippen LogP contribution in [0.5, 0.6) is 0 Å². The van der Waals surface area contributed by atoms with Gasteiger partial charge in [0.2, 0.25) is 5.91 Å². The number of hydrogen-bond donors (Lipinski definition) is 2. The number of amides is 1. The van der Waals surface area contributed by atoms with Gasteiger partial charge in [0, 0.05) is 11.4 Å². The minimum absolute atomic E-state index is 0.129. The van der Waals surface area contributed by atoms with Gasteiger partial charge in [-0.2, -0.15) is 0 Å². The van der Waals surface area contributed by atoms with Crippen LogP contribution in [0.25, 0.3) is 0 Å². The summed E-state index contributed by atoms with van der Waals surface area (Å²) in [6, 6.07) is 5.71. The minimum atomic E-state index is -1.49. The number of carbonyl (C=O) groups is 2. The molecule has 0 saturated carbocycles. The van der Waals surface area contributed by atoms with Gasteiger partial charge < -0.3 is 10.4 Å². The van der Waals surface area contributed by atoms with Crippen LogP contribution in [0, 0.1) is 0 Å². The standard InChI is InChI=1S/C13H17NO4S/c1-3-8-14-12(15)9(2)19(18)11-6-4-10(5-7-11)13(16)17/h4-7,9H,3,8H2,1-2H3,(H,14,15)(H,16,17). The largest absolute Gasteiger partial charge is 0.478 e. The van der Waals surface area contributed by atoms with E-state index in [1.54, 1.807) is 6.92 Å². The average Bonchev–Trinajstić information content (AvgIpc) is 2.43. The summed E-state index contributed by atoms with van der Waals surface area (Å²) in [6.07, 6.45) is 0.818. The highest BCUT2D eigenvalue weighted by atomic mass is 32.2. The molecule has 19 heavy (non-hydrogen) atoms. The zero-order valence-corrected chi connectivity index (χ0v) is 11.7. The van der Waals surface area contributed by atoms with Crippen LogP contribution in [-0.2, 0) is 15.6 Å². The first-order chi connectivity index (χ1) is 8.97. The Morgan fingerprint density at radius 3 is 2.37 bits per heavy atom. The third kappa shape index (κ3) is 4.17. The summed E-state index contributed by atoms with van der Waals surface area (Å²) in [6.45, 7) is 4.08. The van der Waals surface area contributed by atoms with Crippen molar-refractivity contribution in [1.82, 2.24) is 5.32 Å². The number of benzene rings is 1. The van der Waals surface area contributed by atoms with Crippen molar-refractivity contribution in [3.63, 3.8) is 0 Å². The molecule has 0 saturated heterocycles. The molecule has 0 aliphatic carbocycles. The molecule has 0 aliphatic rings. The number of carbonyl (C=O) groups excluding carboxylic acids is 1. The van der Waals surface area contributed by atoms with E-state index >= 15 is 0 Å². The van der Waals surface area contributed by atoms with Gasteiger partial charge in [0.25, 0.3) is 0 Å². The fourth-order valence-corrected chi connectivity index (χ4v) is 2.52. The lowest BCUT2D eigenvalue weighted by Gasteiger charge is -2.11. The molecule has 1 aromatic rings. The van der Waals surface area contributed by atoms with Crippen LogP contribution in [0.1, 0.15) is 30.6 Å². The molecular formula is C13H17NO4S. The van der Waals surface area contributed by atoms with Gasteiger partial charge in [-0.15, -0.1) is 0 Å². The smallest absolute Gasteiger partial charge is 0.335 e. The molecule has 5 nitrogen and oxygen atoms in total. The predicted molar refractivity (Wildman–Crippen MR) is 72.6 cm³/mol. The highest BCUT2D eigenvalue weighted by molar-refractivity contribution is 7.86. The molecule has 104 valence electrons. The van der Waals surface area contributed by atoms with Crippen LogP contribution < -0.4 is 5.32 Å². The summed E-state index contributed by atoms with van der Waals surface area (Å²) >= 11 is 0. The van der Waals surface area contributed by atoms with Crippen molar-refractivity contribution in [3.8, 4) is 0 Å². The fraction of sp³-hybridized carbons (Fsp3) is 0.385. The van der Waals surface area contributed by atoms with E-state index in [0.29, 0.717) is 11.4 Å². The number of rotatable bonds is 6. The maximum Gasteiger partial charge on any atom is 0.335 e. The first-order valence-corrected chi connectivity index (χ1v) is 7.20. The van der Waals surface area contributed by atoms with Gasteiger partial charge in [-0.1, -0.05) is 6.92 Å². The fourth-order valence-electron chi connectivity index (χ4n) is 1.42. The number of nitrogens with one attached hydrogen (secondary N) is 1. The predicted octanol–water partition coefficient (Wildman–Crippen LogP) is 1.41. The van der Waals surface area contributed by atoms with Crippen LogP contribution in [0.3, 0.4) is 0 Å². The van der Waals surface area contributed by atoms with Crippen molar-refractivity contribution >= 4 is 22.7 Å². The molecule has 1 rings (SSSR count). The lowest BCUT2D eigenvalue weighted by molar-refractivity contribution is -0.120. The highest BCUT2D eigenvalue weighted by Gasteiger charge is 2.21. The maximum absolute atomic E-state index is 12.1. The van der Waals surface area contributed by atoms with E-state index in [0.717, 1.165) is 6.42 Å². The lowest BCUT2D eigenvalue weighted by Crippen LogP contribution is -2.35. The Morgan fingerprint density at radius 2 is 1.89 bits per heavy atom. The summed E-state index contributed by atoms with van der Waals surface area (Å²) in [5.41, 5.74) is 0.129. The number of aromatic carboxylic acids is 1. The minimum Gasteiger partial charge on any atom is -0.478 e. The zero-order valence-electron chi connectivity index (χ0n) is 10.9. The molecule has 6 heteroatoms. The molecule has 0 aromatic heterocycles. The Hall–Kier alpha value is -1.69. The van der Waals surface area contributed by atoms with Crippen LogP contribution in [0.15, 0.2) is 29.2 Å². The molecule has 0 bridgehead atoms. The molecule has 0 radical (unpaired) electrons. The molecule has 0 fully saturated rings. The van der Waals surface area contributed by atoms with E-state index in [1.807, 2.05) is 6.92 Å². The highest BCUT2D eigenvalue weighted by Crippen LogP contribution is 2.13. The summed E-state index contributed by atoms with van der Waals surface area (Å²) < 4.78 is 12.1. The van der Waals surface area contributed by atoms with Crippen molar-refractivity contribution in [2.24, 2.45) is 0 Å². The normalized spacial score (nSPS) is 13.6. The van der Waals surface area contributed by atoms with Crippen molar-refractivity contribution in [2.75, 3.05) is 6.54 Å². The van der Waals surface area contributed by atoms with Crippen molar-refractivity contribution in [1.29, 1.82) is 0 Å². The van der Waals surface area contributed by atoms with Gasteiger partial charge in [0.05, 0.1) is 16.4 Å². The van der Waals surface area contributed by atoms with Crippen molar-refractivity contribution in [3.05, 3.63) is 29.8 Å². The van der Waals surface area contributed by atoms with E-state index in [9.17, 15) is 13.8 Å². The zero-order chi connectivity index (χ0) is 14.4. The average molecular weight is 283 g/mol. The van der Waals surface area contributed by atoms with Gasteiger partial charge in [0.15, 0.2) is 0 Å². The van der Waals surface area contributed by atoms with Crippen LogP contribution in [0.4, 0.5) is 0 Å². The molecule has 2 unspecified atom stereocenters. The van der Waals surface area contributed by atoms with Gasteiger partial charge in [0.1, 0.15) is 5.25 Å². The van der Waals surface area contributed by atoms with Crippen LogP contribution >= 0.6 is 0 Å².